The van der Waals surface area contributed by atoms with Crippen molar-refractivity contribution in [3.8, 4) is 11.4 Å². The Morgan fingerprint density at radius 1 is 0.789 bits per heavy atom. The first-order chi connectivity index (χ1) is 9.40. The Morgan fingerprint density at radius 2 is 1.53 bits per heavy atom. The van der Waals surface area contributed by atoms with E-state index in [1.807, 2.05) is 42.5 Å². The number of hydrogen-bond donors (Lipinski definition) is 1. The molecule has 0 spiro atoms. The lowest BCUT2D eigenvalue weighted by atomic mass is 10.2. The van der Waals surface area contributed by atoms with Gasteiger partial charge in [-0.25, -0.2) is 4.98 Å². The van der Waals surface area contributed by atoms with Gasteiger partial charge in [-0.2, -0.15) is 0 Å². The van der Waals surface area contributed by atoms with Crippen LogP contribution in [0.1, 0.15) is 0 Å². The fourth-order valence-corrected chi connectivity index (χ4v) is 2.20. The molecule has 0 aliphatic carbocycles. The van der Waals surface area contributed by atoms with E-state index in [4.69, 9.17) is 0 Å². The molecule has 4 aromatic rings. The third kappa shape index (κ3) is 1.65. The Bertz CT molecular complexity index is 812. The molecular weight excluding hydrogens is 236 g/mol. The Morgan fingerprint density at radius 3 is 2.32 bits per heavy atom. The summed E-state index contributed by atoms with van der Waals surface area (Å²) in [5.74, 6) is 0.867. The van der Waals surface area contributed by atoms with Crippen LogP contribution in [0.2, 0.25) is 0 Å². The summed E-state index contributed by atoms with van der Waals surface area (Å²) < 4.78 is 0. The molecule has 0 atom stereocenters. The Balaban J connectivity index is 1.98. The highest BCUT2D eigenvalue weighted by Crippen LogP contribution is 2.22. The Kier molecular flexibility index (Phi) is 2.08. The van der Waals surface area contributed by atoms with Gasteiger partial charge in [0, 0.05) is 18.0 Å². The molecule has 0 amide bonds. The first-order valence-corrected chi connectivity index (χ1v) is 6.06. The molecule has 0 saturated carbocycles. The van der Waals surface area contributed by atoms with Gasteiger partial charge >= 0.3 is 0 Å². The van der Waals surface area contributed by atoms with Crippen LogP contribution in [0.5, 0.6) is 0 Å². The van der Waals surface area contributed by atoms with Gasteiger partial charge in [0.15, 0.2) is 0 Å². The summed E-state index contributed by atoms with van der Waals surface area (Å²) >= 11 is 0. The van der Waals surface area contributed by atoms with E-state index in [1.54, 1.807) is 12.4 Å². The first kappa shape index (κ1) is 10.2. The molecule has 4 rings (SSSR count). The van der Waals surface area contributed by atoms with Crippen LogP contribution < -0.4 is 0 Å². The number of rotatable bonds is 1. The molecule has 2 aromatic carbocycles. The number of aromatic amines is 1. The molecule has 0 aliphatic heterocycles. The van der Waals surface area contributed by atoms with Gasteiger partial charge < -0.3 is 4.98 Å². The van der Waals surface area contributed by atoms with Crippen molar-refractivity contribution in [1.29, 1.82) is 0 Å². The smallest absolute Gasteiger partial charge is 0.138 e. The van der Waals surface area contributed by atoms with Gasteiger partial charge in [0.25, 0.3) is 0 Å². The molecule has 4 nitrogen and oxygen atoms in total. The maximum absolute atomic E-state index is 4.61. The maximum atomic E-state index is 4.61. The van der Waals surface area contributed by atoms with Crippen molar-refractivity contribution >= 4 is 22.1 Å². The van der Waals surface area contributed by atoms with Crippen molar-refractivity contribution < 1.29 is 0 Å². The highest BCUT2D eigenvalue weighted by molar-refractivity contribution is 5.92. The highest BCUT2D eigenvalue weighted by Gasteiger charge is 2.06. The van der Waals surface area contributed by atoms with Gasteiger partial charge in [0.2, 0.25) is 0 Å². The predicted molar refractivity (Wildman–Crippen MR) is 74.6 cm³/mol. The fraction of sp³-hybridized carbons (Fsp3) is 0. The molecule has 2 aromatic heterocycles. The summed E-state index contributed by atoms with van der Waals surface area (Å²) in [5.41, 5.74) is 4.70. The zero-order valence-corrected chi connectivity index (χ0v) is 10.0. The third-order valence-electron chi connectivity index (χ3n) is 3.12. The monoisotopic (exact) mass is 246 g/mol. The number of nitrogens with zero attached hydrogens (tertiary/aromatic N) is 3. The van der Waals surface area contributed by atoms with E-state index in [0.29, 0.717) is 0 Å². The molecule has 0 bridgehead atoms. The topological polar surface area (TPSA) is 54.5 Å². The van der Waals surface area contributed by atoms with Crippen LogP contribution in [0, 0.1) is 0 Å². The molecule has 90 valence electrons. The van der Waals surface area contributed by atoms with Gasteiger partial charge in [-0.15, -0.1) is 0 Å². The maximum Gasteiger partial charge on any atom is 0.138 e. The van der Waals surface area contributed by atoms with E-state index in [9.17, 15) is 0 Å². The van der Waals surface area contributed by atoms with Crippen LogP contribution in [0.15, 0.2) is 54.9 Å². The Hall–Kier alpha value is -2.75. The second-order valence-corrected chi connectivity index (χ2v) is 4.37. The SMILES string of the molecule is c1ccc(-c2nc3cc4nccnc4cc3[nH]2)cc1. The largest absolute Gasteiger partial charge is 0.338 e. The molecule has 0 fully saturated rings. The van der Waals surface area contributed by atoms with E-state index in [1.165, 1.54) is 0 Å². The van der Waals surface area contributed by atoms with Crippen LogP contribution in [0.4, 0.5) is 0 Å². The van der Waals surface area contributed by atoms with E-state index >= 15 is 0 Å². The number of hydrogen-bond acceptors (Lipinski definition) is 3. The van der Waals surface area contributed by atoms with Gasteiger partial charge in [-0.3, -0.25) is 9.97 Å². The Labute approximate surface area is 109 Å². The summed E-state index contributed by atoms with van der Waals surface area (Å²) in [7, 11) is 0. The van der Waals surface area contributed by atoms with Crippen LogP contribution >= 0.6 is 0 Å². The van der Waals surface area contributed by atoms with Crippen molar-refractivity contribution in [3.63, 3.8) is 0 Å². The van der Waals surface area contributed by atoms with Gasteiger partial charge in [-0.05, 0) is 12.1 Å². The van der Waals surface area contributed by atoms with E-state index in [-0.39, 0.29) is 0 Å². The molecule has 0 aliphatic rings. The predicted octanol–water partition coefficient (Wildman–Crippen LogP) is 3.17. The van der Waals surface area contributed by atoms with Crippen LogP contribution in [0.25, 0.3) is 33.5 Å². The molecule has 1 N–H and O–H groups in total. The summed E-state index contributed by atoms with van der Waals surface area (Å²) in [5, 5.41) is 0. The average Bonchev–Trinajstić information content (AvgIpc) is 2.88. The van der Waals surface area contributed by atoms with Crippen molar-refractivity contribution in [2.75, 3.05) is 0 Å². The zero-order valence-electron chi connectivity index (χ0n) is 10.0. The number of fused-ring (bicyclic) bond motifs is 2. The summed E-state index contributed by atoms with van der Waals surface area (Å²) in [6, 6.07) is 14.0. The number of aromatic nitrogens is 4. The van der Waals surface area contributed by atoms with Gasteiger partial charge in [-0.1, -0.05) is 30.3 Å². The summed E-state index contributed by atoms with van der Waals surface area (Å²) in [6.07, 6.45) is 3.39. The molecule has 0 radical (unpaired) electrons. The minimum Gasteiger partial charge on any atom is -0.338 e. The van der Waals surface area contributed by atoms with Gasteiger partial charge in [0.1, 0.15) is 5.82 Å². The van der Waals surface area contributed by atoms with Crippen molar-refractivity contribution in [2.24, 2.45) is 0 Å². The average molecular weight is 246 g/mol. The summed E-state index contributed by atoms with van der Waals surface area (Å²) in [4.78, 5) is 16.5. The molecule has 0 saturated heterocycles. The lowest BCUT2D eigenvalue weighted by Crippen LogP contribution is -1.81. The lowest BCUT2D eigenvalue weighted by Gasteiger charge is -1.94. The lowest BCUT2D eigenvalue weighted by molar-refractivity contribution is 1.30. The molecule has 4 heteroatoms. The minimum atomic E-state index is 0.862. The standard InChI is InChI=1S/C15H10N4/c1-2-4-10(5-3-1)15-18-13-8-11-12(9-14(13)19-15)17-7-6-16-11/h1-9H,(H,18,19). The molecule has 0 unspecified atom stereocenters. The van der Waals surface area contributed by atoms with Crippen LogP contribution in [-0.2, 0) is 0 Å². The zero-order chi connectivity index (χ0) is 12.7. The first-order valence-electron chi connectivity index (χ1n) is 6.06. The van der Waals surface area contributed by atoms with E-state index in [0.717, 1.165) is 33.5 Å². The van der Waals surface area contributed by atoms with E-state index < -0.39 is 0 Å². The second-order valence-electron chi connectivity index (χ2n) is 4.37. The highest BCUT2D eigenvalue weighted by atomic mass is 14.9. The van der Waals surface area contributed by atoms with Crippen LogP contribution in [-0.4, -0.2) is 19.9 Å². The second kappa shape index (κ2) is 3.88. The van der Waals surface area contributed by atoms with Gasteiger partial charge in [0.05, 0.1) is 22.1 Å². The third-order valence-corrected chi connectivity index (χ3v) is 3.12. The number of H-pyrrole nitrogens is 1. The number of benzene rings is 2. The van der Waals surface area contributed by atoms with Crippen molar-refractivity contribution in [1.82, 2.24) is 19.9 Å². The quantitative estimate of drug-likeness (QED) is 0.561. The van der Waals surface area contributed by atoms with Crippen LogP contribution in [0.3, 0.4) is 0 Å². The van der Waals surface area contributed by atoms with Crippen molar-refractivity contribution in [3.05, 3.63) is 54.9 Å². The molecule has 2 heterocycles. The van der Waals surface area contributed by atoms with Crippen molar-refractivity contribution in [2.45, 2.75) is 0 Å². The number of imidazole rings is 1. The number of nitrogens with one attached hydrogen (secondary N) is 1. The minimum absolute atomic E-state index is 0.862. The summed E-state index contributed by atoms with van der Waals surface area (Å²) in [6.45, 7) is 0. The molecule has 19 heavy (non-hydrogen) atoms. The van der Waals surface area contributed by atoms with E-state index in [2.05, 4.69) is 19.9 Å². The molecular formula is C15H10N4. The normalized spacial score (nSPS) is 11.2. The fourth-order valence-electron chi connectivity index (χ4n) is 2.20.